The van der Waals surface area contributed by atoms with Gasteiger partial charge < -0.3 is 0 Å². The molecule has 0 saturated carbocycles. The highest BCUT2D eigenvalue weighted by atomic mass is 35.5. The van der Waals surface area contributed by atoms with Gasteiger partial charge in [-0.3, -0.25) is 0 Å². The Labute approximate surface area is 80.3 Å². The summed E-state index contributed by atoms with van der Waals surface area (Å²) in [6, 6.07) is 6.95. The molecule has 0 saturated heterocycles. The van der Waals surface area contributed by atoms with Gasteiger partial charge in [-0.05, 0) is 11.6 Å². The van der Waals surface area contributed by atoms with Crippen LogP contribution < -0.4 is 0 Å². The van der Waals surface area contributed by atoms with Crippen molar-refractivity contribution >= 4 is 17.7 Å². The average Bonchev–Trinajstić information content (AvgIpc) is 2.16. The van der Waals surface area contributed by atoms with Gasteiger partial charge in [-0.15, -0.1) is 0 Å². The van der Waals surface area contributed by atoms with Crippen molar-refractivity contribution in [1.82, 2.24) is 0 Å². The van der Waals surface area contributed by atoms with Crippen molar-refractivity contribution in [3.8, 4) is 6.07 Å². The summed E-state index contributed by atoms with van der Waals surface area (Å²) in [5.74, 6) is 0. The highest BCUT2D eigenvalue weighted by molar-refractivity contribution is 6.32. The highest BCUT2D eigenvalue weighted by Gasteiger charge is 2.03. The Kier molecular flexibility index (Phi) is 3.22. The molecule has 0 aliphatic carbocycles. The van der Waals surface area contributed by atoms with Gasteiger partial charge in [0.2, 0.25) is 6.08 Å². The smallest absolute Gasteiger partial charge is 0.211 e. The first kappa shape index (κ1) is 9.47. The summed E-state index contributed by atoms with van der Waals surface area (Å²) < 4.78 is 0. The monoisotopic (exact) mass is 192 g/mol. The number of hydrogen-bond donors (Lipinski definition) is 0. The van der Waals surface area contributed by atoms with E-state index in [4.69, 9.17) is 16.9 Å². The SMILES string of the molecule is N#Cc1cccc(CN=C=O)c1Cl. The van der Waals surface area contributed by atoms with E-state index in [1.807, 2.05) is 6.07 Å². The minimum atomic E-state index is 0.165. The zero-order valence-electron chi connectivity index (χ0n) is 6.62. The number of nitrogens with zero attached hydrogens (tertiary/aromatic N) is 2. The molecule has 0 heterocycles. The normalized spacial score (nSPS) is 8.62. The molecule has 0 aromatic heterocycles. The molecule has 0 fully saturated rings. The highest BCUT2D eigenvalue weighted by Crippen LogP contribution is 2.20. The Bertz CT molecular complexity index is 403. The van der Waals surface area contributed by atoms with E-state index in [2.05, 4.69) is 4.99 Å². The lowest BCUT2D eigenvalue weighted by Gasteiger charge is -1.99. The van der Waals surface area contributed by atoms with Crippen molar-refractivity contribution in [2.24, 2.45) is 4.99 Å². The predicted octanol–water partition coefficient (Wildman–Crippen LogP) is 2.05. The summed E-state index contributed by atoms with van der Waals surface area (Å²) >= 11 is 5.83. The van der Waals surface area contributed by atoms with E-state index in [-0.39, 0.29) is 6.54 Å². The molecule has 0 aliphatic heterocycles. The topological polar surface area (TPSA) is 53.2 Å². The van der Waals surface area contributed by atoms with E-state index >= 15 is 0 Å². The Morgan fingerprint density at radius 2 is 2.31 bits per heavy atom. The number of halogens is 1. The lowest BCUT2D eigenvalue weighted by atomic mass is 10.1. The van der Waals surface area contributed by atoms with E-state index < -0.39 is 0 Å². The molecule has 1 aromatic carbocycles. The summed E-state index contributed by atoms with van der Waals surface area (Å²) in [4.78, 5) is 13.2. The fraction of sp³-hybridized carbons (Fsp3) is 0.111. The lowest BCUT2D eigenvalue weighted by Crippen LogP contribution is -1.86. The van der Waals surface area contributed by atoms with Crippen molar-refractivity contribution in [3.63, 3.8) is 0 Å². The van der Waals surface area contributed by atoms with E-state index in [9.17, 15) is 4.79 Å². The molecule has 0 radical (unpaired) electrons. The van der Waals surface area contributed by atoms with Crippen LogP contribution in [0.3, 0.4) is 0 Å². The molecule has 1 aromatic rings. The zero-order valence-corrected chi connectivity index (χ0v) is 7.38. The van der Waals surface area contributed by atoms with Crippen LogP contribution in [0.5, 0.6) is 0 Å². The Morgan fingerprint density at radius 1 is 1.54 bits per heavy atom. The third-order valence-corrected chi connectivity index (χ3v) is 1.96. The third-order valence-electron chi connectivity index (χ3n) is 1.51. The minimum absolute atomic E-state index is 0.165. The second-order valence-corrected chi connectivity index (χ2v) is 2.68. The van der Waals surface area contributed by atoms with Gasteiger partial charge in [-0.25, -0.2) is 9.79 Å². The number of benzene rings is 1. The van der Waals surface area contributed by atoms with Gasteiger partial charge in [0.05, 0.1) is 17.1 Å². The van der Waals surface area contributed by atoms with E-state index in [0.717, 1.165) is 0 Å². The van der Waals surface area contributed by atoms with Crippen molar-refractivity contribution in [2.45, 2.75) is 6.54 Å². The number of isocyanates is 1. The summed E-state index contributed by atoms with van der Waals surface area (Å²) in [5.41, 5.74) is 1.05. The quantitative estimate of drug-likeness (QED) is 0.532. The first-order chi connectivity index (χ1) is 6.29. The van der Waals surface area contributed by atoms with E-state index in [0.29, 0.717) is 16.1 Å². The maximum atomic E-state index is 9.84. The molecule has 64 valence electrons. The van der Waals surface area contributed by atoms with Gasteiger partial charge in [0.25, 0.3) is 0 Å². The summed E-state index contributed by atoms with van der Waals surface area (Å²) in [5, 5.41) is 8.98. The molecule has 4 heteroatoms. The third kappa shape index (κ3) is 2.16. The number of nitriles is 1. The molecular formula is C9H5ClN2O. The molecule has 0 unspecified atom stereocenters. The van der Waals surface area contributed by atoms with Crippen LogP contribution >= 0.6 is 11.6 Å². The average molecular weight is 193 g/mol. The van der Waals surface area contributed by atoms with Crippen LogP contribution in [0.25, 0.3) is 0 Å². The first-order valence-electron chi connectivity index (χ1n) is 3.50. The zero-order chi connectivity index (χ0) is 9.68. The second-order valence-electron chi connectivity index (χ2n) is 2.30. The number of carbonyl (C=O) groups excluding carboxylic acids is 1. The molecule has 0 spiro atoms. The van der Waals surface area contributed by atoms with Gasteiger partial charge in [0.1, 0.15) is 6.07 Å². The van der Waals surface area contributed by atoms with E-state index in [1.54, 1.807) is 18.2 Å². The Hall–Kier alpha value is -1.62. The van der Waals surface area contributed by atoms with Gasteiger partial charge >= 0.3 is 0 Å². The second kappa shape index (κ2) is 4.42. The lowest BCUT2D eigenvalue weighted by molar-refractivity contribution is 0.563. The Balaban J connectivity index is 3.09. The van der Waals surface area contributed by atoms with Gasteiger partial charge in [-0.2, -0.15) is 5.26 Å². The summed E-state index contributed by atoms with van der Waals surface area (Å²) in [6.45, 7) is 0.165. The van der Waals surface area contributed by atoms with Crippen LogP contribution in [0.1, 0.15) is 11.1 Å². The van der Waals surface area contributed by atoms with Gasteiger partial charge in [0, 0.05) is 0 Å². The molecule has 0 N–H and O–H groups in total. The molecular weight excluding hydrogens is 188 g/mol. The summed E-state index contributed by atoms with van der Waals surface area (Å²) in [6.07, 6.45) is 1.41. The van der Waals surface area contributed by atoms with Gasteiger partial charge in [-0.1, -0.05) is 23.7 Å². The summed E-state index contributed by atoms with van der Waals surface area (Å²) in [7, 11) is 0. The molecule has 0 amide bonds. The molecule has 13 heavy (non-hydrogen) atoms. The van der Waals surface area contributed by atoms with Crippen molar-refractivity contribution in [1.29, 1.82) is 5.26 Å². The number of hydrogen-bond acceptors (Lipinski definition) is 3. The molecule has 3 nitrogen and oxygen atoms in total. The van der Waals surface area contributed by atoms with Crippen molar-refractivity contribution in [2.75, 3.05) is 0 Å². The van der Waals surface area contributed by atoms with Crippen LogP contribution in [0, 0.1) is 11.3 Å². The largest absolute Gasteiger partial charge is 0.235 e. The van der Waals surface area contributed by atoms with Crippen molar-refractivity contribution in [3.05, 3.63) is 34.3 Å². The maximum absolute atomic E-state index is 9.84. The van der Waals surface area contributed by atoms with Crippen molar-refractivity contribution < 1.29 is 4.79 Å². The van der Waals surface area contributed by atoms with Crippen LogP contribution in [-0.2, 0) is 11.3 Å². The molecule has 0 aliphatic rings. The molecule has 1 rings (SSSR count). The van der Waals surface area contributed by atoms with Crippen LogP contribution in [0.15, 0.2) is 23.2 Å². The number of rotatable bonds is 2. The van der Waals surface area contributed by atoms with E-state index in [1.165, 1.54) is 6.08 Å². The number of aliphatic imine (C=N–C) groups is 1. The molecule has 0 atom stereocenters. The maximum Gasteiger partial charge on any atom is 0.235 e. The predicted molar refractivity (Wildman–Crippen MR) is 48.0 cm³/mol. The molecule has 0 bridgehead atoms. The minimum Gasteiger partial charge on any atom is -0.211 e. The van der Waals surface area contributed by atoms with Crippen LogP contribution in [0.2, 0.25) is 5.02 Å². The van der Waals surface area contributed by atoms with Crippen LogP contribution in [0.4, 0.5) is 0 Å². The standard InChI is InChI=1S/C9H5ClN2O/c10-9-7(4-11)2-1-3-8(9)5-12-6-13/h1-3H,5H2. The first-order valence-corrected chi connectivity index (χ1v) is 3.88. The van der Waals surface area contributed by atoms with Crippen LogP contribution in [-0.4, -0.2) is 6.08 Å². The van der Waals surface area contributed by atoms with Gasteiger partial charge in [0.15, 0.2) is 0 Å². The fourth-order valence-electron chi connectivity index (χ4n) is 0.906. The Morgan fingerprint density at radius 3 is 2.92 bits per heavy atom. The fourth-order valence-corrected chi connectivity index (χ4v) is 1.13.